The zero-order valence-corrected chi connectivity index (χ0v) is 19.2. The fourth-order valence-electron chi connectivity index (χ4n) is 4.94. The van der Waals surface area contributed by atoms with Gasteiger partial charge in [-0.3, -0.25) is 19.6 Å². The minimum Gasteiger partial charge on any atom is -0.508 e. The van der Waals surface area contributed by atoms with Crippen LogP contribution >= 0.6 is 0 Å². The molecule has 1 spiro atoms. The number of ether oxygens (including phenoxy) is 1. The van der Waals surface area contributed by atoms with Crippen molar-refractivity contribution in [2.45, 2.75) is 37.8 Å². The summed E-state index contributed by atoms with van der Waals surface area (Å²) in [6, 6.07) is 11.0. The van der Waals surface area contributed by atoms with E-state index in [0.717, 1.165) is 17.5 Å². The van der Waals surface area contributed by atoms with Crippen LogP contribution in [0.2, 0.25) is 0 Å². The highest BCUT2D eigenvalue weighted by molar-refractivity contribution is 6.07. The molecule has 0 bridgehead atoms. The van der Waals surface area contributed by atoms with Crippen LogP contribution in [0.4, 0.5) is 4.79 Å². The van der Waals surface area contributed by atoms with Gasteiger partial charge in [0.25, 0.3) is 5.91 Å². The fraction of sp³-hybridized carbons (Fsp3) is 0.480. The highest BCUT2D eigenvalue weighted by Crippen LogP contribution is 2.37. The van der Waals surface area contributed by atoms with Gasteiger partial charge in [-0.15, -0.1) is 0 Å². The molecule has 3 heterocycles. The number of methoxy groups -OCH3 is 1. The summed E-state index contributed by atoms with van der Waals surface area (Å²) in [5.74, 6) is 0.178. The van der Waals surface area contributed by atoms with E-state index in [1.165, 1.54) is 4.90 Å². The van der Waals surface area contributed by atoms with Gasteiger partial charge in [-0.2, -0.15) is 0 Å². The average Bonchev–Trinajstić information content (AvgIpc) is 3.01. The minimum absolute atomic E-state index is 0.0770. The molecule has 0 saturated carbocycles. The molecule has 8 nitrogen and oxygen atoms in total. The van der Waals surface area contributed by atoms with Crippen molar-refractivity contribution < 1.29 is 19.4 Å². The van der Waals surface area contributed by atoms with Crippen molar-refractivity contribution in [2.75, 3.05) is 39.9 Å². The van der Waals surface area contributed by atoms with Crippen molar-refractivity contribution >= 4 is 11.9 Å². The molecule has 0 radical (unpaired) electrons. The number of carbonyl (C=O) groups excluding carboxylic acids is 2. The Kier molecular flexibility index (Phi) is 7.25. The molecule has 1 aromatic carbocycles. The molecule has 2 fully saturated rings. The van der Waals surface area contributed by atoms with Gasteiger partial charge >= 0.3 is 6.03 Å². The van der Waals surface area contributed by atoms with Crippen LogP contribution in [0.5, 0.6) is 5.75 Å². The van der Waals surface area contributed by atoms with Crippen LogP contribution in [0.3, 0.4) is 0 Å². The number of aromatic nitrogens is 1. The number of nitrogens with zero attached hydrogens (tertiary/aromatic N) is 4. The average molecular weight is 453 g/mol. The number of phenols is 1. The molecule has 4 rings (SSSR count). The zero-order chi connectivity index (χ0) is 23.3. The summed E-state index contributed by atoms with van der Waals surface area (Å²) in [5.41, 5.74) is 1.34. The highest BCUT2D eigenvalue weighted by atomic mass is 16.5. The van der Waals surface area contributed by atoms with Gasteiger partial charge in [0, 0.05) is 52.2 Å². The smallest absolute Gasteiger partial charge is 0.327 e. The number of urea groups is 1. The number of phenolic OH excluding ortho intramolecular Hbond substituents is 1. The van der Waals surface area contributed by atoms with E-state index in [2.05, 4.69) is 9.88 Å². The second-order valence-electron chi connectivity index (χ2n) is 8.83. The van der Waals surface area contributed by atoms with Gasteiger partial charge in [-0.1, -0.05) is 18.2 Å². The van der Waals surface area contributed by atoms with E-state index in [4.69, 9.17) is 4.74 Å². The van der Waals surface area contributed by atoms with Crippen LogP contribution in [-0.4, -0.2) is 82.2 Å². The van der Waals surface area contributed by atoms with Gasteiger partial charge in [0.1, 0.15) is 11.3 Å². The maximum Gasteiger partial charge on any atom is 0.327 e. The number of pyridine rings is 1. The number of benzene rings is 1. The van der Waals surface area contributed by atoms with Crippen LogP contribution in [0, 0.1) is 0 Å². The third-order valence-electron chi connectivity index (χ3n) is 6.71. The first-order valence-electron chi connectivity index (χ1n) is 11.6. The summed E-state index contributed by atoms with van der Waals surface area (Å²) in [7, 11) is 1.61. The number of hydrogen-bond acceptors (Lipinski definition) is 6. The summed E-state index contributed by atoms with van der Waals surface area (Å²) in [6.07, 6.45) is 6.23. The molecule has 0 aliphatic carbocycles. The van der Waals surface area contributed by atoms with Crippen LogP contribution in [0.15, 0.2) is 48.8 Å². The second-order valence-corrected chi connectivity index (χ2v) is 8.83. The first kappa shape index (κ1) is 23.2. The van der Waals surface area contributed by atoms with E-state index in [-0.39, 0.29) is 17.7 Å². The summed E-state index contributed by atoms with van der Waals surface area (Å²) in [6.45, 7) is 3.34. The largest absolute Gasteiger partial charge is 0.508 e. The molecule has 176 valence electrons. The van der Waals surface area contributed by atoms with Gasteiger partial charge in [0.05, 0.1) is 6.61 Å². The van der Waals surface area contributed by atoms with E-state index in [1.807, 2.05) is 30.5 Å². The van der Waals surface area contributed by atoms with E-state index in [9.17, 15) is 14.7 Å². The lowest BCUT2D eigenvalue weighted by atomic mass is 9.85. The Bertz CT molecular complexity index is 960. The molecule has 2 aliphatic rings. The number of rotatable bonds is 9. The summed E-state index contributed by atoms with van der Waals surface area (Å²) in [5, 5.41) is 9.74. The maximum atomic E-state index is 13.6. The lowest BCUT2D eigenvalue weighted by Gasteiger charge is -2.42. The van der Waals surface area contributed by atoms with Crippen LogP contribution in [0.25, 0.3) is 0 Å². The van der Waals surface area contributed by atoms with Crippen molar-refractivity contribution in [3.63, 3.8) is 0 Å². The summed E-state index contributed by atoms with van der Waals surface area (Å²) in [4.78, 5) is 36.4. The van der Waals surface area contributed by atoms with Crippen LogP contribution < -0.4 is 0 Å². The second kappa shape index (κ2) is 10.3. The van der Waals surface area contributed by atoms with Gasteiger partial charge in [-0.05, 0) is 55.0 Å². The molecule has 33 heavy (non-hydrogen) atoms. The van der Waals surface area contributed by atoms with Crippen molar-refractivity contribution in [3.8, 4) is 5.75 Å². The van der Waals surface area contributed by atoms with Crippen molar-refractivity contribution in [2.24, 2.45) is 0 Å². The molecule has 1 N–H and O–H groups in total. The monoisotopic (exact) mass is 452 g/mol. The number of imide groups is 1. The third-order valence-corrected chi connectivity index (χ3v) is 6.71. The number of amides is 3. The normalized spacial score (nSPS) is 18.5. The lowest BCUT2D eigenvalue weighted by Crippen LogP contribution is -2.57. The van der Waals surface area contributed by atoms with E-state index in [0.29, 0.717) is 58.6 Å². The molecular weight excluding hydrogens is 420 g/mol. The molecule has 0 atom stereocenters. The summed E-state index contributed by atoms with van der Waals surface area (Å²) < 4.78 is 5.24. The Hall–Kier alpha value is -2.97. The number of piperidine rings is 1. The number of aryl methyl sites for hydroxylation is 1. The standard InChI is InChI=1S/C25H32N4O4/c1-33-16-15-29-24(32)28(12-4-7-20-6-3-11-26-18-20)23(31)25(29)9-13-27(14-10-25)19-21-5-2-8-22(30)17-21/h2-3,5-6,8,11,17-18,30H,4,7,9-10,12-16,19H2,1H3. The van der Waals surface area contributed by atoms with Crippen LogP contribution in [-0.2, 0) is 22.5 Å². The molecule has 2 aliphatic heterocycles. The van der Waals surface area contributed by atoms with Gasteiger partial charge < -0.3 is 14.7 Å². The van der Waals surface area contributed by atoms with Gasteiger partial charge in [-0.25, -0.2) is 4.79 Å². The van der Waals surface area contributed by atoms with Crippen molar-refractivity contribution in [3.05, 3.63) is 59.9 Å². The van der Waals surface area contributed by atoms with Gasteiger partial charge in [0.15, 0.2) is 0 Å². The van der Waals surface area contributed by atoms with E-state index < -0.39 is 5.54 Å². The Morgan fingerprint density at radius 1 is 1.09 bits per heavy atom. The number of likely N-dealkylation sites (tertiary alicyclic amines) is 1. The molecule has 2 aromatic rings. The van der Waals surface area contributed by atoms with Crippen molar-refractivity contribution in [1.82, 2.24) is 19.7 Å². The van der Waals surface area contributed by atoms with Gasteiger partial charge in [0.2, 0.25) is 0 Å². The number of aromatic hydroxyl groups is 1. The van der Waals surface area contributed by atoms with E-state index >= 15 is 0 Å². The number of hydrogen-bond donors (Lipinski definition) is 1. The Morgan fingerprint density at radius 3 is 2.58 bits per heavy atom. The number of carbonyl (C=O) groups is 2. The quantitative estimate of drug-likeness (QED) is 0.589. The maximum absolute atomic E-state index is 13.6. The first-order valence-corrected chi connectivity index (χ1v) is 11.6. The molecule has 0 unspecified atom stereocenters. The third kappa shape index (κ3) is 5.02. The Morgan fingerprint density at radius 2 is 1.88 bits per heavy atom. The predicted octanol–water partition coefficient (Wildman–Crippen LogP) is 2.67. The molecular formula is C25H32N4O4. The minimum atomic E-state index is -0.792. The zero-order valence-electron chi connectivity index (χ0n) is 19.2. The Labute approximate surface area is 194 Å². The van der Waals surface area contributed by atoms with Crippen molar-refractivity contribution in [1.29, 1.82) is 0 Å². The van der Waals surface area contributed by atoms with Crippen LogP contribution in [0.1, 0.15) is 30.4 Å². The van der Waals surface area contributed by atoms with E-state index in [1.54, 1.807) is 30.3 Å². The molecule has 3 amide bonds. The first-order chi connectivity index (χ1) is 16.0. The molecule has 1 aromatic heterocycles. The summed E-state index contributed by atoms with van der Waals surface area (Å²) >= 11 is 0. The lowest BCUT2D eigenvalue weighted by molar-refractivity contribution is -0.136. The molecule has 8 heteroatoms. The fourth-order valence-corrected chi connectivity index (χ4v) is 4.94. The Balaban J connectivity index is 1.42. The topological polar surface area (TPSA) is 86.2 Å². The SMILES string of the molecule is COCCN1C(=O)N(CCCc2cccnc2)C(=O)C12CCN(Cc1cccc(O)c1)CC2. The highest BCUT2D eigenvalue weighted by Gasteiger charge is 2.57. The predicted molar refractivity (Wildman–Crippen MR) is 124 cm³/mol. The molecule has 2 saturated heterocycles.